The van der Waals surface area contributed by atoms with Crippen LogP contribution in [0.4, 0.5) is 8.78 Å². The zero-order chi connectivity index (χ0) is 15.2. The van der Waals surface area contributed by atoms with Gasteiger partial charge in [-0.1, -0.05) is 0 Å². The molecule has 7 heteroatoms. The zero-order valence-electron chi connectivity index (χ0n) is 12.3. The third-order valence-electron chi connectivity index (χ3n) is 4.28. The van der Waals surface area contributed by atoms with Gasteiger partial charge in [-0.2, -0.15) is 0 Å². The molecule has 1 heterocycles. The first-order chi connectivity index (χ1) is 9.09. The van der Waals surface area contributed by atoms with E-state index >= 15 is 0 Å². The zero-order valence-corrected chi connectivity index (χ0v) is 12.3. The molecule has 20 heavy (non-hydrogen) atoms. The van der Waals surface area contributed by atoms with Gasteiger partial charge < -0.3 is 20.0 Å². The van der Waals surface area contributed by atoms with E-state index in [0.717, 1.165) is 6.21 Å². The monoisotopic (exact) mass is 286 g/mol. The molecule has 1 aliphatic heterocycles. The Balaban J connectivity index is 1.94. The molecule has 0 aromatic heterocycles. The molecule has 2 rings (SSSR count). The van der Waals surface area contributed by atoms with E-state index in [1.54, 1.807) is 0 Å². The summed E-state index contributed by atoms with van der Waals surface area (Å²) in [5, 5.41) is 10.3. The second-order valence-corrected chi connectivity index (χ2v) is 6.45. The number of rotatable bonds is 5. The molecule has 0 bridgehead atoms. The summed E-state index contributed by atoms with van der Waals surface area (Å²) in [4.78, 5) is 0. The van der Waals surface area contributed by atoms with Gasteiger partial charge in [0.05, 0.1) is 11.2 Å². The second kappa shape index (κ2) is 4.81. The smallest absolute Gasteiger partial charge is 0.399 e. The van der Waals surface area contributed by atoms with Gasteiger partial charge in [0.15, 0.2) is 0 Å². The van der Waals surface area contributed by atoms with Gasteiger partial charge in [-0.25, -0.2) is 8.78 Å². The Bertz CT molecular complexity index is 422. The molecule has 1 unspecified atom stereocenters. The highest BCUT2D eigenvalue weighted by atomic mass is 19.3. The van der Waals surface area contributed by atoms with Crippen molar-refractivity contribution in [2.24, 2.45) is 5.92 Å². The summed E-state index contributed by atoms with van der Waals surface area (Å²) in [6.07, 6.45) is 2.59. The van der Waals surface area contributed by atoms with Crippen LogP contribution >= 0.6 is 0 Å². The Kier molecular flexibility index (Phi) is 3.71. The summed E-state index contributed by atoms with van der Waals surface area (Å²) in [6.45, 7) is 7.89. The molecule has 0 aromatic carbocycles. The van der Waals surface area contributed by atoms with Gasteiger partial charge >= 0.3 is 7.12 Å². The Hall–Kier alpha value is -0.945. The first-order valence-corrected chi connectivity index (χ1v) is 6.76. The van der Waals surface area contributed by atoms with Crippen LogP contribution < -0.4 is 5.32 Å². The third kappa shape index (κ3) is 2.88. The molecule has 112 valence electrons. The Morgan fingerprint density at radius 3 is 2.20 bits per heavy atom. The van der Waals surface area contributed by atoms with Crippen LogP contribution in [-0.4, -0.2) is 37.0 Å². The minimum Gasteiger partial charge on any atom is -0.399 e. The summed E-state index contributed by atoms with van der Waals surface area (Å²) in [6, 6.07) is 0. The number of allylic oxidation sites excluding steroid dienone is 1. The highest BCUT2D eigenvalue weighted by Gasteiger charge is 2.56. The Morgan fingerprint density at radius 2 is 1.80 bits per heavy atom. The maximum Gasteiger partial charge on any atom is 0.497 e. The number of hydrogen-bond donors (Lipinski definition) is 2. The predicted octanol–water partition coefficient (Wildman–Crippen LogP) is 2.40. The van der Waals surface area contributed by atoms with E-state index in [-0.39, 0.29) is 13.0 Å². The lowest BCUT2D eigenvalue weighted by atomic mass is 9.79. The number of nitrogens with one attached hydrogen (secondary N) is 2. The van der Waals surface area contributed by atoms with Gasteiger partial charge in [0.25, 0.3) is 5.92 Å². The predicted molar refractivity (Wildman–Crippen MR) is 74.0 cm³/mol. The van der Waals surface area contributed by atoms with Gasteiger partial charge in [0.1, 0.15) is 0 Å². The lowest BCUT2D eigenvalue weighted by molar-refractivity contribution is 0.00578. The molecule has 0 amide bonds. The van der Waals surface area contributed by atoms with Crippen LogP contribution in [0.1, 0.15) is 34.1 Å². The van der Waals surface area contributed by atoms with Crippen LogP contribution in [-0.2, 0) is 9.31 Å². The molecule has 0 aromatic rings. The molecular weight excluding hydrogens is 265 g/mol. The molecule has 2 fully saturated rings. The van der Waals surface area contributed by atoms with E-state index in [0.29, 0.717) is 5.47 Å². The van der Waals surface area contributed by atoms with E-state index < -0.39 is 30.2 Å². The van der Waals surface area contributed by atoms with Crippen molar-refractivity contribution in [1.29, 1.82) is 5.41 Å². The molecule has 1 aliphatic carbocycles. The van der Waals surface area contributed by atoms with Crippen LogP contribution in [0.15, 0.2) is 11.7 Å². The van der Waals surface area contributed by atoms with E-state index in [4.69, 9.17) is 14.7 Å². The highest BCUT2D eigenvalue weighted by molar-refractivity contribution is 6.60. The number of halogens is 2. The molecule has 0 spiro atoms. The summed E-state index contributed by atoms with van der Waals surface area (Å²) < 4.78 is 37.1. The maximum atomic E-state index is 12.8. The average Bonchev–Trinajstić information content (AvgIpc) is 2.83. The highest BCUT2D eigenvalue weighted by Crippen LogP contribution is 2.48. The van der Waals surface area contributed by atoms with Crippen molar-refractivity contribution in [1.82, 2.24) is 5.32 Å². The molecule has 4 nitrogen and oxygen atoms in total. The first-order valence-electron chi connectivity index (χ1n) is 6.76. The minimum absolute atomic E-state index is 0.0652. The van der Waals surface area contributed by atoms with Gasteiger partial charge in [-0.15, -0.1) is 0 Å². The minimum atomic E-state index is -2.53. The third-order valence-corrected chi connectivity index (χ3v) is 4.28. The fourth-order valence-electron chi connectivity index (χ4n) is 1.97. The fourth-order valence-corrected chi connectivity index (χ4v) is 1.97. The molecule has 2 aliphatic rings. The van der Waals surface area contributed by atoms with Crippen molar-refractivity contribution in [2.45, 2.75) is 51.2 Å². The molecule has 1 saturated carbocycles. The SMILES string of the molecule is CC1(C)OB(/C(C=N)=C/NCC2CC2(F)F)OC1(C)C. The van der Waals surface area contributed by atoms with Crippen LogP contribution in [0.5, 0.6) is 0 Å². The second-order valence-electron chi connectivity index (χ2n) is 6.45. The van der Waals surface area contributed by atoms with Gasteiger partial charge in [-0.05, 0) is 33.9 Å². The molecule has 0 radical (unpaired) electrons. The van der Waals surface area contributed by atoms with Crippen LogP contribution in [0.25, 0.3) is 0 Å². The van der Waals surface area contributed by atoms with E-state index in [1.165, 1.54) is 6.20 Å². The standard InChI is InChI=1S/C13H21BF2N2O2/c1-11(2)12(3,4)20-14(19-11)10(6-17)8-18-7-9-5-13(9,15)16/h6,8-9,17-18H,5,7H2,1-4H3/b10-8+,17-6?. The topological polar surface area (TPSA) is 54.3 Å². The lowest BCUT2D eigenvalue weighted by Gasteiger charge is -2.32. The van der Waals surface area contributed by atoms with E-state index in [1.807, 2.05) is 27.7 Å². The lowest BCUT2D eigenvalue weighted by Crippen LogP contribution is -2.41. The van der Waals surface area contributed by atoms with Crippen LogP contribution in [0.2, 0.25) is 0 Å². The van der Waals surface area contributed by atoms with Gasteiger partial charge in [0.2, 0.25) is 0 Å². The summed E-state index contributed by atoms with van der Waals surface area (Å²) in [5.74, 6) is -3.14. The maximum absolute atomic E-state index is 12.8. The van der Waals surface area contributed by atoms with Gasteiger partial charge in [0, 0.05) is 30.6 Å². The van der Waals surface area contributed by atoms with Crippen LogP contribution in [0.3, 0.4) is 0 Å². The molecular formula is C13H21BF2N2O2. The number of hydrogen-bond acceptors (Lipinski definition) is 4. The fraction of sp³-hybridized carbons (Fsp3) is 0.769. The average molecular weight is 286 g/mol. The summed E-state index contributed by atoms with van der Waals surface area (Å²) in [5.41, 5.74) is -0.473. The van der Waals surface area contributed by atoms with E-state index in [2.05, 4.69) is 5.32 Å². The van der Waals surface area contributed by atoms with Crippen molar-refractivity contribution >= 4 is 13.3 Å². The Morgan fingerprint density at radius 1 is 1.30 bits per heavy atom. The van der Waals surface area contributed by atoms with Crippen molar-refractivity contribution in [3.05, 3.63) is 11.7 Å². The number of alkyl halides is 2. The van der Waals surface area contributed by atoms with Crippen molar-refractivity contribution < 1.29 is 18.1 Å². The molecule has 1 atom stereocenters. The summed E-state index contributed by atoms with van der Waals surface area (Å²) in [7, 11) is -0.648. The van der Waals surface area contributed by atoms with Crippen LogP contribution in [0, 0.1) is 11.3 Å². The largest absolute Gasteiger partial charge is 0.497 e. The van der Waals surface area contributed by atoms with Crippen molar-refractivity contribution in [3.8, 4) is 0 Å². The molecule has 1 saturated heterocycles. The first kappa shape index (κ1) is 15.4. The van der Waals surface area contributed by atoms with Gasteiger partial charge in [-0.3, -0.25) is 0 Å². The van der Waals surface area contributed by atoms with Crippen molar-refractivity contribution in [3.63, 3.8) is 0 Å². The van der Waals surface area contributed by atoms with Crippen molar-refractivity contribution in [2.75, 3.05) is 6.54 Å². The molecule has 2 N–H and O–H groups in total. The van der Waals surface area contributed by atoms with E-state index in [9.17, 15) is 8.78 Å². The normalized spacial score (nSPS) is 30.2. The Labute approximate surface area is 118 Å². The quantitative estimate of drug-likeness (QED) is 0.602. The summed E-state index contributed by atoms with van der Waals surface area (Å²) >= 11 is 0.